The van der Waals surface area contributed by atoms with Crippen LogP contribution in [0.5, 0.6) is 0 Å². The van der Waals surface area contributed by atoms with Gasteiger partial charge in [0.25, 0.3) is 0 Å². The molecule has 0 saturated carbocycles. The lowest BCUT2D eigenvalue weighted by Crippen LogP contribution is -1.96. The Hall–Kier alpha value is -6.26. The summed E-state index contributed by atoms with van der Waals surface area (Å²) in [5, 5.41) is 9.19. The van der Waals surface area contributed by atoms with Gasteiger partial charge in [-0.25, -0.2) is 0 Å². The first kappa shape index (κ1) is 24.1. The van der Waals surface area contributed by atoms with Gasteiger partial charge in [0.1, 0.15) is 16.7 Å². The normalized spacial score (nSPS) is 12.3. The molecule has 46 heavy (non-hydrogen) atoms. The molecule has 4 aromatic heterocycles. The summed E-state index contributed by atoms with van der Waals surface area (Å²) < 4.78 is 18.0. The molecule has 0 unspecified atom stereocenters. The zero-order valence-corrected chi connectivity index (χ0v) is 24.6. The molecule has 0 radical (unpaired) electrons. The topological polar surface area (TPSA) is 36.1 Å². The molecular formula is C42H24N2O2. The Labute approximate surface area is 261 Å². The highest BCUT2D eigenvalue weighted by atomic mass is 16.3. The lowest BCUT2D eigenvalue weighted by molar-refractivity contribution is 0.666. The molecule has 11 aromatic rings. The monoisotopic (exact) mass is 588 g/mol. The molecule has 0 aliphatic heterocycles. The minimum Gasteiger partial charge on any atom is -0.455 e. The van der Waals surface area contributed by atoms with E-state index in [1.807, 2.05) is 18.2 Å². The van der Waals surface area contributed by atoms with E-state index in [1.165, 1.54) is 21.8 Å². The third kappa shape index (κ3) is 3.03. The Morgan fingerprint density at radius 1 is 0.348 bits per heavy atom. The molecule has 4 heteroatoms. The molecule has 0 aliphatic rings. The Morgan fingerprint density at radius 3 is 1.61 bits per heavy atom. The molecular weight excluding hydrogens is 564 g/mol. The third-order valence-corrected chi connectivity index (χ3v) is 9.72. The van der Waals surface area contributed by atoms with Gasteiger partial charge in [0.05, 0.1) is 33.1 Å². The van der Waals surface area contributed by atoms with Crippen LogP contribution in [0.2, 0.25) is 0 Å². The van der Waals surface area contributed by atoms with Crippen molar-refractivity contribution in [2.24, 2.45) is 0 Å². The van der Waals surface area contributed by atoms with Crippen molar-refractivity contribution in [2.75, 3.05) is 0 Å². The molecule has 0 aliphatic carbocycles. The van der Waals surface area contributed by atoms with Crippen LogP contribution in [0.4, 0.5) is 0 Å². The first-order valence-electron chi connectivity index (χ1n) is 15.6. The van der Waals surface area contributed by atoms with E-state index in [1.54, 1.807) is 0 Å². The van der Waals surface area contributed by atoms with Gasteiger partial charge < -0.3 is 18.0 Å². The smallest absolute Gasteiger partial charge is 0.159 e. The fourth-order valence-electron chi connectivity index (χ4n) is 7.78. The summed E-state index contributed by atoms with van der Waals surface area (Å²) in [4.78, 5) is 0. The summed E-state index contributed by atoms with van der Waals surface area (Å²) in [5.41, 5.74) is 10.2. The second-order valence-electron chi connectivity index (χ2n) is 12.1. The maximum atomic E-state index is 6.69. The Morgan fingerprint density at radius 2 is 0.891 bits per heavy atom. The number of benzene rings is 7. The summed E-state index contributed by atoms with van der Waals surface area (Å²) in [6.45, 7) is 0. The van der Waals surface area contributed by atoms with E-state index < -0.39 is 0 Å². The van der Waals surface area contributed by atoms with Gasteiger partial charge >= 0.3 is 0 Å². The molecule has 7 aromatic carbocycles. The summed E-state index contributed by atoms with van der Waals surface area (Å²) >= 11 is 0. The average molecular weight is 589 g/mol. The number of aromatic nitrogens is 2. The van der Waals surface area contributed by atoms with Gasteiger partial charge in [0.2, 0.25) is 0 Å². The maximum Gasteiger partial charge on any atom is 0.159 e. The fourth-order valence-corrected chi connectivity index (χ4v) is 7.78. The van der Waals surface area contributed by atoms with Crippen LogP contribution in [-0.2, 0) is 0 Å². The van der Waals surface area contributed by atoms with E-state index in [2.05, 4.69) is 137 Å². The van der Waals surface area contributed by atoms with Gasteiger partial charge in [-0.1, -0.05) is 84.9 Å². The van der Waals surface area contributed by atoms with Crippen molar-refractivity contribution in [1.29, 1.82) is 0 Å². The molecule has 4 heterocycles. The second kappa shape index (κ2) is 8.68. The van der Waals surface area contributed by atoms with Crippen LogP contribution in [0.3, 0.4) is 0 Å². The number of rotatable bonds is 2. The highest BCUT2D eigenvalue weighted by molar-refractivity contribution is 6.24. The second-order valence-corrected chi connectivity index (χ2v) is 12.1. The van der Waals surface area contributed by atoms with E-state index >= 15 is 0 Å². The Bertz CT molecular complexity index is 2990. The number of hydrogen-bond acceptors (Lipinski definition) is 2. The van der Waals surface area contributed by atoms with Crippen molar-refractivity contribution in [1.82, 2.24) is 9.13 Å². The Kier molecular flexibility index (Phi) is 4.55. The molecule has 4 nitrogen and oxygen atoms in total. The van der Waals surface area contributed by atoms with E-state index in [9.17, 15) is 0 Å². The Balaban J connectivity index is 1.31. The standard InChI is InChI=1S/C42H24N2O2/c1-5-15-33-26(10-1)27-11-2-6-16-34(27)43(33)25-20-22-35-32(24-25)40-36(23-21-31-29-13-4-8-19-39(29)46-42(31)40)44(35)37-17-9-14-30-28-12-3-7-18-38(28)45-41(30)37/h1-24H. The molecule has 214 valence electrons. The molecule has 0 N–H and O–H groups in total. The third-order valence-electron chi connectivity index (χ3n) is 9.72. The van der Waals surface area contributed by atoms with Crippen molar-refractivity contribution in [3.8, 4) is 11.4 Å². The summed E-state index contributed by atoms with van der Waals surface area (Å²) in [7, 11) is 0. The van der Waals surface area contributed by atoms with Crippen LogP contribution < -0.4 is 0 Å². The SMILES string of the molecule is c1ccc2c(c1)oc1c(-n3c4ccc(-n5c6ccccc6c6ccccc65)cc4c4c5oc6ccccc6c5ccc43)cccc12. The average Bonchev–Trinajstić information content (AvgIpc) is 3.85. The number of para-hydroxylation sites is 5. The van der Waals surface area contributed by atoms with Crippen molar-refractivity contribution in [3.05, 3.63) is 146 Å². The van der Waals surface area contributed by atoms with E-state index in [4.69, 9.17) is 8.83 Å². The molecule has 0 saturated heterocycles. The van der Waals surface area contributed by atoms with Crippen LogP contribution in [0.1, 0.15) is 0 Å². The zero-order chi connectivity index (χ0) is 29.9. The number of furan rings is 2. The van der Waals surface area contributed by atoms with E-state index in [-0.39, 0.29) is 0 Å². The first-order valence-corrected chi connectivity index (χ1v) is 15.6. The van der Waals surface area contributed by atoms with E-state index in [0.717, 1.165) is 77.1 Å². The molecule has 0 spiro atoms. The largest absolute Gasteiger partial charge is 0.455 e. The van der Waals surface area contributed by atoms with Gasteiger partial charge in [-0.3, -0.25) is 0 Å². The van der Waals surface area contributed by atoms with Crippen LogP contribution in [0, 0.1) is 0 Å². The molecule has 0 atom stereocenters. The van der Waals surface area contributed by atoms with Crippen molar-refractivity contribution in [3.63, 3.8) is 0 Å². The minimum absolute atomic E-state index is 0.874. The predicted molar refractivity (Wildman–Crippen MR) is 190 cm³/mol. The summed E-state index contributed by atoms with van der Waals surface area (Å²) in [6.07, 6.45) is 0. The minimum atomic E-state index is 0.874. The predicted octanol–water partition coefficient (Wildman–Crippen LogP) is 11.7. The first-order chi connectivity index (χ1) is 22.8. The molecule has 11 rings (SSSR count). The van der Waals surface area contributed by atoms with Crippen molar-refractivity contribution in [2.45, 2.75) is 0 Å². The fraction of sp³-hybridized carbons (Fsp3) is 0. The lowest BCUT2D eigenvalue weighted by Gasteiger charge is -2.10. The molecule has 0 bridgehead atoms. The maximum absolute atomic E-state index is 6.69. The zero-order valence-electron chi connectivity index (χ0n) is 24.6. The summed E-state index contributed by atoms with van der Waals surface area (Å²) in [5.74, 6) is 0. The van der Waals surface area contributed by atoms with Crippen LogP contribution in [-0.4, -0.2) is 9.13 Å². The molecule has 0 fully saturated rings. The van der Waals surface area contributed by atoms with Gasteiger partial charge in [-0.2, -0.15) is 0 Å². The molecule has 0 amide bonds. The van der Waals surface area contributed by atoms with Gasteiger partial charge in [-0.15, -0.1) is 0 Å². The highest BCUT2D eigenvalue weighted by Crippen LogP contribution is 2.43. The van der Waals surface area contributed by atoms with E-state index in [0.29, 0.717) is 0 Å². The van der Waals surface area contributed by atoms with Crippen LogP contribution in [0.15, 0.2) is 154 Å². The van der Waals surface area contributed by atoms with Crippen LogP contribution in [0.25, 0.3) is 98.9 Å². The highest BCUT2D eigenvalue weighted by Gasteiger charge is 2.22. The van der Waals surface area contributed by atoms with Gasteiger partial charge in [0.15, 0.2) is 5.58 Å². The van der Waals surface area contributed by atoms with Crippen LogP contribution >= 0.6 is 0 Å². The van der Waals surface area contributed by atoms with Gasteiger partial charge in [-0.05, 0) is 60.7 Å². The van der Waals surface area contributed by atoms with Crippen molar-refractivity contribution < 1.29 is 8.83 Å². The quantitative estimate of drug-likeness (QED) is 0.201. The lowest BCUT2D eigenvalue weighted by atomic mass is 10.1. The number of fused-ring (bicyclic) bond motifs is 13. The van der Waals surface area contributed by atoms with Gasteiger partial charge in [0, 0.05) is 43.4 Å². The van der Waals surface area contributed by atoms with Crippen molar-refractivity contribution >= 4 is 87.5 Å². The number of nitrogens with zero attached hydrogens (tertiary/aromatic N) is 2. The number of hydrogen-bond donors (Lipinski definition) is 0. The summed E-state index contributed by atoms with van der Waals surface area (Å²) in [6, 6.07) is 51.6.